The molecule has 0 aromatic carbocycles. The summed E-state index contributed by atoms with van der Waals surface area (Å²) in [6, 6.07) is 1.01. The number of halogens is 3. The van der Waals surface area contributed by atoms with Gasteiger partial charge in [-0.2, -0.15) is 10.2 Å². The number of alkyl carbamates (subject to hydrolysis) is 1. The first kappa shape index (κ1) is 31.5. The van der Waals surface area contributed by atoms with E-state index < -0.39 is 41.9 Å². The first-order valence-corrected chi connectivity index (χ1v) is 14.9. The summed E-state index contributed by atoms with van der Waals surface area (Å²) in [5.74, 6) is 0.0777. The Hall–Kier alpha value is -3.88. The maximum Gasteiger partial charge on any atom is 0.407 e. The molecule has 2 atom stereocenters. The maximum atomic E-state index is 14.7. The Kier molecular flexibility index (Phi) is 9.32. The van der Waals surface area contributed by atoms with Gasteiger partial charge >= 0.3 is 6.09 Å². The highest BCUT2D eigenvalue weighted by Gasteiger charge is 2.31. The number of rotatable bonds is 8. The smallest absolute Gasteiger partial charge is 0.407 e. The number of alkyl halides is 3. The fourth-order valence-electron chi connectivity index (χ4n) is 5.92. The third-order valence-corrected chi connectivity index (χ3v) is 7.99. The number of aliphatic hydroxyl groups excluding tert-OH is 1. The molecule has 3 aromatic rings. The van der Waals surface area contributed by atoms with Crippen LogP contribution in [0.3, 0.4) is 0 Å². The van der Waals surface area contributed by atoms with E-state index >= 15 is 0 Å². The lowest BCUT2D eigenvalue weighted by atomic mass is 9.84. The van der Waals surface area contributed by atoms with Crippen molar-refractivity contribution in [3.05, 3.63) is 35.9 Å². The molecule has 0 unspecified atom stereocenters. The molecule has 2 fully saturated rings. The average Bonchev–Trinajstić information content (AvgIpc) is 3.56. The zero-order valence-corrected chi connectivity index (χ0v) is 25.0. The first-order valence-electron chi connectivity index (χ1n) is 14.9. The Labute approximate surface area is 252 Å². The number of hydrogen-bond acceptors (Lipinski definition) is 8. The number of anilines is 2. The minimum absolute atomic E-state index is 0.0319. The lowest BCUT2D eigenvalue weighted by Gasteiger charge is -2.36. The van der Waals surface area contributed by atoms with Crippen LogP contribution in [0.5, 0.6) is 0 Å². The Morgan fingerprint density at radius 2 is 1.93 bits per heavy atom. The van der Waals surface area contributed by atoms with Crippen molar-refractivity contribution in [1.82, 2.24) is 29.7 Å². The highest BCUT2D eigenvalue weighted by molar-refractivity contribution is 6.08. The number of carbonyl (C=O) groups excluding carboxylic acids is 2. The van der Waals surface area contributed by atoms with Gasteiger partial charge in [0.15, 0.2) is 11.3 Å². The van der Waals surface area contributed by atoms with Crippen LogP contribution in [-0.4, -0.2) is 79.0 Å². The Balaban J connectivity index is 1.31. The second kappa shape index (κ2) is 13.0. The summed E-state index contributed by atoms with van der Waals surface area (Å²) in [6.45, 7) is 5.64. The highest BCUT2D eigenvalue weighted by Crippen LogP contribution is 2.36. The summed E-state index contributed by atoms with van der Waals surface area (Å²) >= 11 is 0. The van der Waals surface area contributed by atoms with E-state index in [4.69, 9.17) is 4.74 Å². The molecule has 3 N–H and O–H groups in total. The normalized spacial score (nSPS) is 22.8. The fourth-order valence-corrected chi connectivity index (χ4v) is 5.92. The molecule has 0 spiro atoms. The van der Waals surface area contributed by atoms with Crippen LogP contribution in [0, 0.1) is 5.92 Å². The molecule has 0 bridgehead atoms. The highest BCUT2D eigenvalue weighted by atomic mass is 19.3. The molecule has 0 radical (unpaired) electrons. The molecule has 240 valence electrons. The monoisotopic (exact) mass is 620 g/mol. The zero-order chi connectivity index (χ0) is 31.6. The molecule has 2 aliphatic rings. The third-order valence-electron chi connectivity index (χ3n) is 7.99. The summed E-state index contributed by atoms with van der Waals surface area (Å²) in [7, 11) is 0. The van der Waals surface area contributed by atoms with Gasteiger partial charge in [-0.3, -0.25) is 9.48 Å². The van der Waals surface area contributed by atoms with E-state index in [0.717, 1.165) is 32.1 Å². The molecule has 15 heteroatoms. The summed E-state index contributed by atoms with van der Waals surface area (Å²) in [5.41, 5.74) is -1.11. The number of aliphatic hydroxyl groups is 1. The molecule has 5 rings (SSSR count). The molecule has 1 saturated carbocycles. The van der Waals surface area contributed by atoms with Crippen molar-refractivity contribution < 1.29 is 32.6 Å². The van der Waals surface area contributed by atoms with Gasteiger partial charge in [-0.15, -0.1) is 0 Å². The van der Waals surface area contributed by atoms with Crippen molar-refractivity contribution in [2.24, 2.45) is 5.92 Å². The first-order chi connectivity index (χ1) is 20.9. The van der Waals surface area contributed by atoms with Crippen LogP contribution >= 0.6 is 0 Å². The third kappa shape index (κ3) is 7.42. The summed E-state index contributed by atoms with van der Waals surface area (Å²) in [5, 5.41) is 22.8. The minimum Gasteiger partial charge on any atom is -0.444 e. The summed E-state index contributed by atoms with van der Waals surface area (Å²) in [4.78, 5) is 31.8. The second-order valence-electron chi connectivity index (χ2n) is 12.5. The molecular weight excluding hydrogens is 581 g/mol. The van der Waals surface area contributed by atoms with Crippen LogP contribution in [-0.2, 0) is 4.74 Å². The van der Waals surface area contributed by atoms with E-state index in [1.165, 1.54) is 21.6 Å². The van der Waals surface area contributed by atoms with E-state index in [-0.39, 0.29) is 49.1 Å². The number of aromatic nitrogens is 5. The number of fused-ring (bicyclic) bond motifs is 1. The van der Waals surface area contributed by atoms with E-state index in [0.29, 0.717) is 11.7 Å². The van der Waals surface area contributed by atoms with Crippen molar-refractivity contribution in [2.45, 2.75) is 89.6 Å². The fraction of sp³-hybridized carbons (Fsp3) is 0.621. The molecule has 44 heavy (non-hydrogen) atoms. The van der Waals surface area contributed by atoms with E-state index in [1.54, 1.807) is 37.9 Å². The number of piperidine rings is 1. The van der Waals surface area contributed by atoms with Crippen LogP contribution in [0.25, 0.3) is 5.65 Å². The van der Waals surface area contributed by atoms with Crippen molar-refractivity contribution in [3.63, 3.8) is 0 Å². The van der Waals surface area contributed by atoms with Gasteiger partial charge in [0.2, 0.25) is 0 Å². The minimum atomic E-state index is -2.90. The summed E-state index contributed by atoms with van der Waals surface area (Å²) in [6.07, 6.45) is 3.56. The van der Waals surface area contributed by atoms with Gasteiger partial charge in [-0.25, -0.2) is 27.5 Å². The molecule has 3 aromatic heterocycles. The Bertz CT molecular complexity index is 1460. The van der Waals surface area contributed by atoms with E-state index in [2.05, 4.69) is 25.8 Å². The quantitative estimate of drug-likeness (QED) is 0.330. The van der Waals surface area contributed by atoms with Gasteiger partial charge in [0.1, 0.15) is 23.2 Å². The van der Waals surface area contributed by atoms with Gasteiger partial charge in [0.05, 0.1) is 30.5 Å². The average molecular weight is 621 g/mol. The Morgan fingerprint density at radius 1 is 1.18 bits per heavy atom. The van der Waals surface area contributed by atoms with Gasteiger partial charge in [-0.05, 0) is 64.9 Å². The van der Waals surface area contributed by atoms with Crippen LogP contribution in [0.1, 0.15) is 87.8 Å². The number of carbonyl (C=O) groups is 2. The second-order valence-corrected chi connectivity index (χ2v) is 12.5. The summed E-state index contributed by atoms with van der Waals surface area (Å²) < 4.78 is 50.8. The van der Waals surface area contributed by atoms with Crippen molar-refractivity contribution in [2.75, 3.05) is 29.9 Å². The number of hydrogen-bond donors (Lipinski definition) is 3. The molecule has 1 saturated heterocycles. The number of nitrogens with one attached hydrogen (secondary N) is 2. The predicted molar refractivity (Wildman–Crippen MR) is 156 cm³/mol. The van der Waals surface area contributed by atoms with Crippen LogP contribution < -0.4 is 15.5 Å². The van der Waals surface area contributed by atoms with E-state index in [9.17, 15) is 27.9 Å². The van der Waals surface area contributed by atoms with Crippen LogP contribution in [0.2, 0.25) is 0 Å². The van der Waals surface area contributed by atoms with Gasteiger partial charge in [0.25, 0.3) is 12.3 Å². The predicted octanol–water partition coefficient (Wildman–Crippen LogP) is 4.67. The molecule has 1 aliphatic carbocycles. The Morgan fingerprint density at radius 3 is 2.61 bits per heavy atom. The number of ether oxygens (including phenoxy) is 1. The van der Waals surface area contributed by atoms with Gasteiger partial charge < -0.3 is 25.4 Å². The van der Waals surface area contributed by atoms with E-state index in [1.807, 2.05) is 0 Å². The SMILES string of the molecule is CC(C)(C)OC(=O)N[C@@H]1C[C@@H](F)CN(c2ccn3ncc(C(=O)Nc4cn(C5CCC(CCO)CC5)nc4C(F)F)c3n2)C1. The lowest BCUT2D eigenvalue weighted by Crippen LogP contribution is -2.52. The van der Waals surface area contributed by atoms with Gasteiger partial charge in [0, 0.05) is 32.0 Å². The standard InChI is InChI=1S/C29H39F3N8O4/c1-29(2,3)44-28(43)34-19-12-18(30)14-38(15-19)23-8-10-39-26(36-23)21(13-33-39)27(42)35-22-16-40(37-24(22)25(31)32)20-6-4-17(5-7-20)9-11-41/h8,10,13,16-20,25,41H,4-7,9,11-12,14-15H2,1-3H3,(H,34,43)(H,35,42)/t17?,18-,19-,20?/m1/s1. The number of nitrogens with zero attached hydrogens (tertiary/aromatic N) is 6. The molecule has 4 heterocycles. The van der Waals surface area contributed by atoms with Crippen molar-refractivity contribution in [3.8, 4) is 0 Å². The van der Waals surface area contributed by atoms with Crippen molar-refractivity contribution in [1.29, 1.82) is 0 Å². The maximum absolute atomic E-state index is 14.7. The zero-order valence-electron chi connectivity index (χ0n) is 25.0. The number of amides is 2. The van der Waals surface area contributed by atoms with Gasteiger partial charge in [-0.1, -0.05) is 0 Å². The lowest BCUT2D eigenvalue weighted by molar-refractivity contribution is 0.0490. The topological polar surface area (TPSA) is 139 Å². The largest absolute Gasteiger partial charge is 0.444 e. The molecule has 1 aliphatic heterocycles. The van der Waals surface area contributed by atoms with Crippen LogP contribution in [0.15, 0.2) is 24.7 Å². The van der Waals surface area contributed by atoms with Crippen molar-refractivity contribution >= 4 is 29.2 Å². The molecule has 12 nitrogen and oxygen atoms in total. The molecular formula is C29H39F3N8O4. The molecule has 2 amide bonds. The van der Waals surface area contributed by atoms with Crippen LogP contribution in [0.4, 0.5) is 29.5 Å².